The molecule has 23 heavy (non-hydrogen) atoms. The lowest BCUT2D eigenvalue weighted by molar-refractivity contribution is -0.134. The number of rotatable bonds is 3. The van der Waals surface area contributed by atoms with Gasteiger partial charge in [-0.25, -0.2) is 9.18 Å². The van der Waals surface area contributed by atoms with Gasteiger partial charge in [-0.2, -0.15) is 4.68 Å². The van der Waals surface area contributed by atoms with Gasteiger partial charge < -0.3 is 10.1 Å². The highest BCUT2D eigenvalue weighted by Crippen LogP contribution is 2.36. The zero-order valence-electron chi connectivity index (χ0n) is 12.3. The number of ether oxygens (including phenoxy) is 1. The Labute approximate surface area is 129 Å². The zero-order valence-corrected chi connectivity index (χ0v) is 12.3. The summed E-state index contributed by atoms with van der Waals surface area (Å²) in [6, 6.07) is 5.05. The highest BCUT2D eigenvalue weighted by molar-refractivity contribution is 6.20. The summed E-state index contributed by atoms with van der Waals surface area (Å²) in [5.41, 5.74) is 0.0992. The first kappa shape index (κ1) is 14.8. The molecule has 2 heterocycles. The molecule has 0 radical (unpaired) electrons. The molecule has 1 aliphatic rings. The van der Waals surface area contributed by atoms with Gasteiger partial charge >= 0.3 is 5.97 Å². The first-order valence-corrected chi connectivity index (χ1v) is 6.67. The summed E-state index contributed by atoms with van der Waals surface area (Å²) in [5, 5.41) is 13.8. The van der Waals surface area contributed by atoms with Crippen LogP contribution in [0.3, 0.4) is 0 Å². The van der Waals surface area contributed by atoms with E-state index in [-0.39, 0.29) is 22.8 Å². The summed E-state index contributed by atoms with van der Waals surface area (Å²) >= 11 is 0. The average Bonchev–Trinajstić information content (AvgIpc) is 3.00. The number of carbonyl (C=O) groups excluding carboxylic acids is 2. The van der Waals surface area contributed by atoms with E-state index in [0.29, 0.717) is 0 Å². The van der Waals surface area contributed by atoms with Crippen molar-refractivity contribution in [1.82, 2.24) is 20.2 Å². The van der Waals surface area contributed by atoms with Crippen molar-refractivity contribution in [2.75, 3.05) is 12.4 Å². The number of methoxy groups -OCH3 is 1. The lowest BCUT2D eigenvalue weighted by atomic mass is 9.92. The highest BCUT2D eigenvalue weighted by atomic mass is 19.1. The van der Waals surface area contributed by atoms with Gasteiger partial charge in [0.15, 0.2) is 11.5 Å². The minimum absolute atomic E-state index is 0.0294. The van der Waals surface area contributed by atoms with Crippen LogP contribution in [-0.2, 0) is 14.3 Å². The van der Waals surface area contributed by atoms with E-state index in [4.69, 9.17) is 4.74 Å². The van der Waals surface area contributed by atoms with Crippen LogP contribution in [0.15, 0.2) is 29.8 Å². The van der Waals surface area contributed by atoms with Crippen LogP contribution in [0.1, 0.15) is 18.5 Å². The van der Waals surface area contributed by atoms with Crippen LogP contribution in [-0.4, -0.2) is 39.1 Å². The molecule has 0 spiro atoms. The number of nitrogens with zero attached hydrogens (tertiary/aromatic N) is 4. The summed E-state index contributed by atoms with van der Waals surface area (Å²) in [4.78, 5) is 24.3. The molecule has 1 aliphatic heterocycles. The third kappa shape index (κ3) is 2.35. The fraction of sp³-hybridized carbons (Fsp3) is 0.214. The van der Waals surface area contributed by atoms with Crippen molar-refractivity contribution in [2.45, 2.75) is 13.0 Å². The number of fused-ring (bicyclic) bond motifs is 1. The summed E-state index contributed by atoms with van der Waals surface area (Å²) in [6.07, 6.45) is 0. The maximum absolute atomic E-state index is 14.2. The monoisotopic (exact) mass is 317 g/mol. The molecule has 118 valence electrons. The van der Waals surface area contributed by atoms with E-state index < -0.39 is 23.6 Å². The number of Topliss-reactive ketones (excluding diaryl/α,β-unsaturated/α-hetero) is 1. The van der Waals surface area contributed by atoms with Crippen LogP contribution in [0.4, 0.5) is 10.3 Å². The van der Waals surface area contributed by atoms with Gasteiger partial charge in [-0.3, -0.25) is 4.79 Å². The summed E-state index contributed by atoms with van der Waals surface area (Å²) < 4.78 is 20.0. The molecule has 2 aromatic rings. The number of nitrogens with one attached hydrogen (secondary N) is 1. The zero-order chi connectivity index (χ0) is 16.6. The van der Waals surface area contributed by atoms with Crippen LogP contribution < -0.4 is 5.32 Å². The van der Waals surface area contributed by atoms with Crippen molar-refractivity contribution >= 4 is 23.4 Å². The highest BCUT2D eigenvalue weighted by Gasteiger charge is 2.37. The van der Waals surface area contributed by atoms with Gasteiger partial charge in [0.05, 0.1) is 18.7 Å². The minimum Gasteiger partial charge on any atom is -0.464 e. The van der Waals surface area contributed by atoms with E-state index in [9.17, 15) is 14.0 Å². The van der Waals surface area contributed by atoms with Gasteiger partial charge in [0.2, 0.25) is 5.95 Å². The van der Waals surface area contributed by atoms with Gasteiger partial charge in [-0.05, 0) is 23.4 Å². The Hall–Kier alpha value is -3.10. The number of aromatic nitrogens is 4. The van der Waals surface area contributed by atoms with Gasteiger partial charge in [0.25, 0.3) is 0 Å². The molecule has 0 amide bonds. The van der Waals surface area contributed by atoms with Crippen molar-refractivity contribution in [3.05, 3.63) is 41.2 Å². The second kappa shape index (κ2) is 5.59. The summed E-state index contributed by atoms with van der Waals surface area (Å²) in [5.74, 6) is -1.61. The molecular formula is C14H12FN5O3. The quantitative estimate of drug-likeness (QED) is 0.841. The van der Waals surface area contributed by atoms with Crippen molar-refractivity contribution in [3.8, 4) is 0 Å². The van der Waals surface area contributed by atoms with Crippen molar-refractivity contribution in [1.29, 1.82) is 0 Å². The molecule has 8 nitrogen and oxygen atoms in total. The Morgan fingerprint density at radius 1 is 1.35 bits per heavy atom. The molecule has 1 N–H and O–H groups in total. The summed E-state index contributed by atoms with van der Waals surface area (Å²) in [6.45, 7) is 1.28. The Balaban J connectivity index is 2.28. The summed E-state index contributed by atoms with van der Waals surface area (Å²) in [7, 11) is 1.18. The van der Waals surface area contributed by atoms with E-state index in [2.05, 4.69) is 20.8 Å². The lowest BCUT2D eigenvalue weighted by Gasteiger charge is -2.27. The van der Waals surface area contributed by atoms with Crippen molar-refractivity contribution in [2.24, 2.45) is 0 Å². The fourth-order valence-corrected chi connectivity index (χ4v) is 2.49. The molecule has 0 aliphatic carbocycles. The number of ketones is 1. The predicted molar refractivity (Wildman–Crippen MR) is 76.5 cm³/mol. The number of halogens is 1. The van der Waals surface area contributed by atoms with E-state index in [1.165, 1.54) is 32.2 Å². The molecule has 3 rings (SSSR count). The van der Waals surface area contributed by atoms with E-state index in [1.807, 2.05) is 0 Å². The molecule has 1 aromatic heterocycles. The van der Waals surface area contributed by atoms with E-state index in [1.54, 1.807) is 6.07 Å². The molecule has 0 bridgehead atoms. The normalized spacial score (nSPS) is 16.6. The first-order valence-electron chi connectivity index (χ1n) is 6.67. The Kier molecular flexibility index (Phi) is 3.61. The van der Waals surface area contributed by atoms with E-state index in [0.717, 1.165) is 4.68 Å². The molecule has 9 heteroatoms. The standard InChI is InChI=1S/C14H12FN5O3/c1-7(21)10-11(8-5-3-4-6-9(8)15)16-14-17-18-19-20(14)12(10)13(22)23-2/h3-6,11H,1-2H3,(H,16,17,19)/t11-/m1/s1. The number of hydrogen-bond acceptors (Lipinski definition) is 7. The third-order valence-corrected chi connectivity index (χ3v) is 3.47. The fourth-order valence-electron chi connectivity index (χ4n) is 2.49. The molecule has 0 fully saturated rings. The second-order valence-electron chi connectivity index (χ2n) is 4.82. The number of carbonyl (C=O) groups is 2. The minimum atomic E-state index is -0.902. The third-order valence-electron chi connectivity index (χ3n) is 3.47. The van der Waals surface area contributed by atoms with Gasteiger partial charge in [-0.15, -0.1) is 0 Å². The van der Waals surface area contributed by atoms with Crippen molar-refractivity contribution in [3.63, 3.8) is 0 Å². The number of tetrazole rings is 1. The predicted octanol–water partition coefficient (Wildman–Crippen LogP) is 0.952. The largest absolute Gasteiger partial charge is 0.464 e. The average molecular weight is 317 g/mol. The van der Waals surface area contributed by atoms with Crippen LogP contribution in [0, 0.1) is 5.82 Å². The topological polar surface area (TPSA) is 99.0 Å². The van der Waals surface area contributed by atoms with E-state index >= 15 is 0 Å². The molecule has 0 saturated heterocycles. The number of anilines is 1. The maximum Gasteiger partial charge on any atom is 0.357 e. The van der Waals surface area contributed by atoms with Crippen LogP contribution in [0.5, 0.6) is 0 Å². The first-order chi connectivity index (χ1) is 11.0. The SMILES string of the molecule is COC(=O)C1=C(C(C)=O)[C@@H](c2ccccc2F)Nc2nnnn21. The number of benzene rings is 1. The molecular weight excluding hydrogens is 305 g/mol. The lowest BCUT2D eigenvalue weighted by Crippen LogP contribution is -2.31. The van der Waals surface area contributed by atoms with Gasteiger partial charge in [-0.1, -0.05) is 23.3 Å². The van der Waals surface area contributed by atoms with Gasteiger partial charge in [0, 0.05) is 5.56 Å². The van der Waals surface area contributed by atoms with Crippen LogP contribution >= 0.6 is 0 Å². The molecule has 1 atom stereocenters. The van der Waals surface area contributed by atoms with Crippen LogP contribution in [0.25, 0.3) is 5.70 Å². The smallest absolute Gasteiger partial charge is 0.357 e. The van der Waals surface area contributed by atoms with Gasteiger partial charge in [0.1, 0.15) is 5.82 Å². The molecule has 0 saturated carbocycles. The Morgan fingerprint density at radius 3 is 2.74 bits per heavy atom. The number of esters is 1. The molecule has 0 unspecified atom stereocenters. The Bertz CT molecular complexity index is 829. The number of hydrogen-bond donors (Lipinski definition) is 1. The van der Waals surface area contributed by atoms with Crippen LogP contribution in [0.2, 0.25) is 0 Å². The molecule has 1 aromatic carbocycles. The maximum atomic E-state index is 14.2. The Morgan fingerprint density at radius 2 is 2.09 bits per heavy atom. The second-order valence-corrected chi connectivity index (χ2v) is 4.82. The van der Waals surface area contributed by atoms with Crippen molar-refractivity contribution < 1.29 is 18.7 Å².